The molecule has 0 radical (unpaired) electrons. The molecule has 0 amide bonds. The average molecular weight is 1100 g/mol. The summed E-state index contributed by atoms with van der Waals surface area (Å²) in [6, 6.07) is 27.5. The number of carboxylic acids is 1. The molecule has 12 nitrogen and oxygen atoms in total. The molecule has 0 aliphatic rings. The highest BCUT2D eigenvalue weighted by Gasteiger charge is 2.35. The molecule has 0 unspecified atom stereocenters. The van der Waals surface area contributed by atoms with Gasteiger partial charge in [0.1, 0.15) is 21.7 Å². The maximum absolute atomic E-state index is 13.3. The predicted molar refractivity (Wildman–Crippen MR) is 308 cm³/mol. The Morgan fingerprint density at radius 2 is 0.974 bits per heavy atom. The van der Waals surface area contributed by atoms with Gasteiger partial charge in [-0.3, -0.25) is 0 Å². The Balaban J connectivity index is 0.000000186. The van der Waals surface area contributed by atoms with E-state index in [0.29, 0.717) is 15.6 Å². The fourth-order valence-corrected chi connectivity index (χ4v) is 12.1. The number of aliphatic carboxylic acids is 1. The molecule has 10 rings (SSSR count). The molecule has 0 fully saturated rings. The molecule has 0 aliphatic carbocycles. The third kappa shape index (κ3) is 11.0. The van der Waals surface area contributed by atoms with Gasteiger partial charge in [-0.1, -0.05) is 47.5 Å². The summed E-state index contributed by atoms with van der Waals surface area (Å²) in [5.41, 5.74) is 13.1. The van der Waals surface area contributed by atoms with Gasteiger partial charge in [0.05, 0.1) is 60.7 Å². The number of fused-ring (bicyclic) bond motifs is 4. The maximum Gasteiger partial charge on any atom is 0.339 e. The standard InChI is InChI=1S/C31H32ClN3O3S.C29H28ClN3O3S/c1-8-37-30(36)27(38-31(5,6)7)25-17(2)15-23-28(26(25)20-9-11-22(32)12-10-20)39-29(34-23)21-13-14-35-19(4)33-18(3)24(35)16-21;1-15-13-21-26(37-27(32-21)19-11-12-33-17(3)31-16(2)22(33)14-19)24(18-7-9-20(30)10-8-18)23(15)25(28(34)35)36-29(4,5)6/h9-16,27H,8H2,1-7H3;7-14,25H,1-6H3,(H,34,35)/t27-;25-/m00/s1. The molecule has 76 heavy (non-hydrogen) atoms. The summed E-state index contributed by atoms with van der Waals surface area (Å²) in [5, 5.41) is 13.2. The number of hydrogen-bond donors (Lipinski definition) is 1. The zero-order chi connectivity index (χ0) is 54.7. The van der Waals surface area contributed by atoms with Gasteiger partial charge in [-0.05, 0) is 173 Å². The van der Waals surface area contributed by atoms with Crippen LogP contribution in [0.25, 0.3) is 74.9 Å². The van der Waals surface area contributed by atoms with Crippen molar-refractivity contribution in [3.8, 4) is 43.4 Å². The van der Waals surface area contributed by atoms with Crippen molar-refractivity contribution >= 4 is 89.3 Å². The maximum atomic E-state index is 13.3. The number of benzene rings is 4. The second-order valence-corrected chi connectivity index (χ2v) is 23.7. The Kier molecular flexibility index (Phi) is 15.1. The topological polar surface area (TPSA) is 142 Å². The molecule has 1 N–H and O–H groups in total. The number of carboxylic acid groups (broad SMARTS) is 1. The van der Waals surface area contributed by atoms with Crippen molar-refractivity contribution in [2.75, 3.05) is 6.61 Å². The molecule has 6 aromatic heterocycles. The molecule has 0 saturated heterocycles. The van der Waals surface area contributed by atoms with E-state index in [1.807, 2.05) is 162 Å². The Hall–Kier alpha value is -6.52. The third-order valence-electron chi connectivity index (χ3n) is 12.8. The van der Waals surface area contributed by atoms with Gasteiger partial charge in [-0.15, -0.1) is 22.7 Å². The number of aromatic nitrogens is 6. The van der Waals surface area contributed by atoms with E-state index >= 15 is 0 Å². The van der Waals surface area contributed by atoms with Gasteiger partial charge >= 0.3 is 11.9 Å². The number of imidazole rings is 2. The summed E-state index contributed by atoms with van der Waals surface area (Å²) in [5.74, 6) is 0.445. The molecular weight excluding hydrogens is 1040 g/mol. The lowest BCUT2D eigenvalue weighted by molar-refractivity contribution is -0.166. The van der Waals surface area contributed by atoms with Crippen molar-refractivity contribution in [2.45, 2.75) is 113 Å². The molecule has 4 aromatic carbocycles. The van der Waals surface area contributed by atoms with E-state index in [0.717, 1.165) is 115 Å². The summed E-state index contributed by atoms with van der Waals surface area (Å²) in [6.07, 6.45) is 2.01. The predicted octanol–water partition coefficient (Wildman–Crippen LogP) is 16.1. The number of ether oxygens (including phenoxy) is 3. The van der Waals surface area contributed by atoms with Crippen LogP contribution in [0.3, 0.4) is 0 Å². The van der Waals surface area contributed by atoms with Crippen molar-refractivity contribution in [2.24, 2.45) is 0 Å². The zero-order valence-corrected chi connectivity index (χ0v) is 48.0. The van der Waals surface area contributed by atoms with E-state index in [4.69, 9.17) is 47.4 Å². The van der Waals surface area contributed by atoms with Crippen LogP contribution in [-0.2, 0) is 23.8 Å². The van der Waals surface area contributed by atoms with Crippen LogP contribution in [0, 0.1) is 41.5 Å². The first kappa shape index (κ1) is 54.3. The second-order valence-electron chi connectivity index (χ2n) is 20.9. The molecule has 0 saturated carbocycles. The molecule has 0 bridgehead atoms. The molecule has 2 atom stereocenters. The van der Waals surface area contributed by atoms with Crippen molar-refractivity contribution < 1.29 is 28.9 Å². The van der Waals surface area contributed by atoms with Crippen molar-refractivity contribution in [3.63, 3.8) is 0 Å². The number of carbonyl (C=O) groups is 2. The largest absolute Gasteiger partial charge is 0.479 e. The quantitative estimate of drug-likeness (QED) is 0.124. The van der Waals surface area contributed by atoms with Gasteiger partial charge in [0.25, 0.3) is 0 Å². The number of thiazole rings is 2. The summed E-state index contributed by atoms with van der Waals surface area (Å²) in [7, 11) is 0. The molecule has 0 spiro atoms. The second kappa shape index (κ2) is 21.1. The highest BCUT2D eigenvalue weighted by molar-refractivity contribution is 7.22. The third-order valence-corrected chi connectivity index (χ3v) is 15.6. The van der Waals surface area contributed by atoms with Crippen molar-refractivity contribution in [3.05, 3.63) is 153 Å². The van der Waals surface area contributed by atoms with Gasteiger partial charge in [0.2, 0.25) is 0 Å². The number of carbonyl (C=O) groups excluding carboxylic acids is 1. The van der Waals surface area contributed by atoms with E-state index in [1.165, 1.54) is 0 Å². The average Bonchev–Trinajstić information content (AvgIpc) is 4.12. The highest BCUT2D eigenvalue weighted by atomic mass is 35.5. The van der Waals surface area contributed by atoms with Crippen LogP contribution in [0.1, 0.15) is 106 Å². The van der Waals surface area contributed by atoms with E-state index in [1.54, 1.807) is 29.6 Å². The normalized spacial score (nSPS) is 12.9. The number of hydrogen-bond acceptors (Lipinski definition) is 11. The summed E-state index contributed by atoms with van der Waals surface area (Å²) >= 11 is 15.6. The Labute approximate surface area is 460 Å². The van der Waals surface area contributed by atoms with Gasteiger partial charge in [-0.2, -0.15) is 0 Å². The molecular formula is C60H60Cl2N6O6S2. The van der Waals surface area contributed by atoms with Crippen LogP contribution >= 0.6 is 45.9 Å². The number of rotatable bonds is 11. The van der Waals surface area contributed by atoms with Crippen LogP contribution < -0.4 is 0 Å². The first-order valence-corrected chi connectivity index (χ1v) is 27.3. The first-order valence-electron chi connectivity index (χ1n) is 25.0. The van der Waals surface area contributed by atoms with Gasteiger partial charge in [0.15, 0.2) is 12.2 Å². The van der Waals surface area contributed by atoms with Crippen LogP contribution in [0.4, 0.5) is 0 Å². The molecule has 10 aromatic rings. The summed E-state index contributed by atoms with van der Waals surface area (Å²) in [6.45, 7) is 25.4. The van der Waals surface area contributed by atoms with Crippen molar-refractivity contribution in [1.82, 2.24) is 28.7 Å². The minimum absolute atomic E-state index is 0.265. The van der Waals surface area contributed by atoms with Gasteiger partial charge < -0.3 is 28.1 Å². The minimum Gasteiger partial charge on any atom is -0.479 e. The summed E-state index contributed by atoms with van der Waals surface area (Å²) in [4.78, 5) is 45.1. The lowest BCUT2D eigenvalue weighted by Crippen LogP contribution is -2.29. The number of nitrogens with zero attached hydrogens (tertiary/aromatic N) is 6. The van der Waals surface area contributed by atoms with Crippen LogP contribution in [0.5, 0.6) is 0 Å². The van der Waals surface area contributed by atoms with Crippen LogP contribution in [0.15, 0.2) is 97.3 Å². The van der Waals surface area contributed by atoms with Gasteiger partial charge in [0, 0.05) is 55.8 Å². The number of halogens is 2. The van der Waals surface area contributed by atoms with E-state index in [-0.39, 0.29) is 6.61 Å². The Morgan fingerprint density at radius 3 is 1.36 bits per heavy atom. The Bertz CT molecular complexity index is 3860. The molecule has 392 valence electrons. The smallest absolute Gasteiger partial charge is 0.339 e. The number of esters is 1. The minimum atomic E-state index is -1.14. The first-order chi connectivity index (χ1) is 35.9. The molecule has 6 heterocycles. The lowest BCUT2D eigenvalue weighted by Gasteiger charge is -2.29. The SMILES string of the molecule is CCOC(=O)[C@@H](OC(C)(C)C)c1c(C)cc2nc(-c3ccn4c(C)nc(C)c4c3)sc2c1-c1ccc(Cl)cc1.Cc1cc2nc(-c3ccn4c(C)nc(C)c4c3)sc2c(-c2ccc(Cl)cc2)c1[C@H](OC(C)(C)C)C(=O)O. The zero-order valence-electron chi connectivity index (χ0n) is 44.8. The fourth-order valence-electron chi connectivity index (χ4n) is 9.63. The highest BCUT2D eigenvalue weighted by Crippen LogP contribution is 2.47. The van der Waals surface area contributed by atoms with Gasteiger partial charge in [-0.25, -0.2) is 29.5 Å². The fraction of sp³-hybridized carbons (Fsp3) is 0.300. The van der Waals surface area contributed by atoms with E-state index in [9.17, 15) is 14.7 Å². The monoisotopic (exact) mass is 1090 g/mol. The van der Waals surface area contributed by atoms with Crippen molar-refractivity contribution in [1.29, 1.82) is 0 Å². The molecule has 16 heteroatoms. The summed E-state index contributed by atoms with van der Waals surface area (Å²) < 4.78 is 24.0. The molecule has 0 aliphatic heterocycles. The van der Waals surface area contributed by atoms with Crippen LogP contribution in [-0.4, -0.2) is 63.6 Å². The number of pyridine rings is 2. The van der Waals surface area contributed by atoms with E-state index < -0.39 is 35.3 Å². The van der Waals surface area contributed by atoms with Crippen LogP contribution in [0.2, 0.25) is 10.0 Å². The lowest BCUT2D eigenvalue weighted by atomic mass is 9.91. The number of aryl methyl sites for hydroxylation is 6. The Morgan fingerprint density at radius 1 is 0.579 bits per heavy atom. The van der Waals surface area contributed by atoms with E-state index in [2.05, 4.69) is 37.0 Å².